The number of rotatable bonds is 6. The molecule has 4 aliphatic carbocycles. The number of carbonyl (C=O) groups is 1. The Morgan fingerprint density at radius 1 is 0.972 bits per heavy atom. The zero-order valence-corrected chi connectivity index (χ0v) is 24.0. The molecule has 0 radical (unpaired) electrons. The summed E-state index contributed by atoms with van der Waals surface area (Å²) in [6, 6.07) is 11.8. The van der Waals surface area contributed by atoms with Gasteiger partial charge < -0.3 is 9.53 Å². The third-order valence-corrected chi connectivity index (χ3v) is 9.56. The molecule has 4 fully saturated rings. The van der Waals surface area contributed by atoms with Crippen LogP contribution >= 0.6 is 0 Å². The predicted molar refractivity (Wildman–Crippen MR) is 151 cm³/mol. The number of allylic oxidation sites excluding steroid dienone is 1. The smallest absolute Gasteiger partial charge is 0.335 e. The Bertz CT molecular complexity index is 1150. The fraction of sp³-hybridized carbons (Fsp3) is 0.531. The summed E-state index contributed by atoms with van der Waals surface area (Å²) in [5.74, 6) is 2.89. The summed E-state index contributed by atoms with van der Waals surface area (Å²) in [5.41, 5.74) is 7.01. The molecule has 2 aromatic carbocycles. The number of hydrogen-bond donors (Lipinski definition) is 1. The summed E-state index contributed by atoms with van der Waals surface area (Å²) in [6.07, 6.45) is 10.4. The van der Waals surface area contributed by atoms with Crippen molar-refractivity contribution in [1.82, 2.24) is 0 Å². The van der Waals surface area contributed by atoms with Crippen molar-refractivity contribution in [3.05, 3.63) is 64.2 Å². The molecule has 0 aromatic heterocycles. The average Bonchev–Trinajstić information content (AvgIpc) is 2.77. The second-order valence-corrected chi connectivity index (χ2v) is 15.6. The van der Waals surface area contributed by atoms with E-state index in [0.29, 0.717) is 5.56 Å². The van der Waals surface area contributed by atoms with Gasteiger partial charge in [0.05, 0.1) is 5.56 Å². The molecular weight excluding hydrogens is 460 g/mol. The zero-order chi connectivity index (χ0) is 25.8. The van der Waals surface area contributed by atoms with E-state index in [-0.39, 0.29) is 10.8 Å². The highest BCUT2D eigenvalue weighted by Gasteiger charge is 2.54. The lowest BCUT2D eigenvalue weighted by Crippen LogP contribution is -2.49. The summed E-state index contributed by atoms with van der Waals surface area (Å²) in [5, 5.41) is 9.27. The highest BCUT2D eigenvalue weighted by Crippen LogP contribution is 2.63. The van der Waals surface area contributed by atoms with Crippen LogP contribution in [-0.4, -0.2) is 20.1 Å². The highest BCUT2D eigenvalue weighted by atomic mass is 28.3. The van der Waals surface area contributed by atoms with E-state index in [0.717, 1.165) is 29.1 Å². The van der Waals surface area contributed by atoms with Gasteiger partial charge >= 0.3 is 5.97 Å². The second-order valence-electron chi connectivity index (χ2n) is 13.2. The molecule has 192 valence electrons. The molecular formula is C32H42O3Si. The predicted octanol–water partition coefficient (Wildman–Crippen LogP) is 8.07. The molecule has 3 nitrogen and oxygen atoms in total. The second kappa shape index (κ2) is 9.20. The van der Waals surface area contributed by atoms with Crippen molar-refractivity contribution in [2.75, 3.05) is 0 Å². The molecule has 0 saturated heterocycles. The van der Waals surface area contributed by atoms with Crippen molar-refractivity contribution in [2.45, 2.75) is 90.1 Å². The maximum absolute atomic E-state index is 11.3. The lowest BCUT2D eigenvalue weighted by atomic mass is 9.47. The van der Waals surface area contributed by atoms with Crippen molar-refractivity contribution in [1.29, 1.82) is 0 Å². The first kappa shape index (κ1) is 25.3. The van der Waals surface area contributed by atoms with Crippen LogP contribution in [-0.2, 0) is 10.8 Å². The quantitative estimate of drug-likeness (QED) is 0.321. The Hall–Kier alpha value is -2.33. The molecule has 36 heavy (non-hydrogen) atoms. The summed E-state index contributed by atoms with van der Waals surface area (Å²) >= 11 is 0. The third-order valence-electron chi connectivity index (χ3n) is 8.85. The van der Waals surface area contributed by atoms with E-state index in [1.165, 1.54) is 60.8 Å². The molecule has 4 heteroatoms. The number of aromatic carboxylic acids is 1. The monoisotopic (exact) mass is 502 g/mol. The largest absolute Gasteiger partial charge is 0.546 e. The van der Waals surface area contributed by atoms with Crippen molar-refractivity contribution in [3.63, 3.8) is 0 Å². The van der Waals surface area contributed by atoms with Gasteiger partial charge in [0, 0.05) is 16.5 Å². The standard InChI is InChI=1S/C32H42O3Si/c1-20(13-21-7-9-25(10-8-21)30(33)34)26-11-12-27(31(2,3)4)28(29(26)35-36(5)6)32-17-22-14-23(18-32)16-24(15-22)19-32/h7-13,22-24,36H,14-19H2,1-6H3,(H,33,34). The average molecular weight is 503 g/mol. The fourth-order valence-electron chi connectivity index (χ4n) is 7.87. The normalized spacial score (nSPS) is 27.5. The molecule has 0 aliphatic heterocycles. The van der Waals surface area contributed by atoms with E-state index in [1.807, 2.05) is 12.1 Å². The van der Waals surface area contributed by atoms with E-state index in [2.05, 4.69) is 59.0 Å². The lowest BCUT2D eigenvalue weighted by Gasteiger charge is -2.58. The first-order chi connectivity index (χ1) is 16.9. The van der Waals surface area contributed by atoms with Crippen LogP contribution in [0.4, 0.5) is 0 Å². The van der Waals surface area contributed by atoms with Crippen LogP contribution in [0.25, 0.3) is 11.6 Å². The summed E-state index contributed by atoms with van der Waals surface area (Å²) in [4.78, 5) is 11.3. The van der Waals surface area contributed by atoms with Gasteiger partial charge in [0.25, 0.3) is 0 Å². The number of carboxylic acid groups (broad SMARTS) is 1. The zero-order valence-electron chi connectivity index (χ0n) is 22.9. The molecule has 1 N–H and O–H groups in total. The summed E-state index contributed by atoms with van der Waals surface area (Å²) < 4.78 is 6.93. The van der Waals surface area contributed by atoms with Crippen LogP contribution in [0.2, 0.25) is 13.1 Å². The van der Waals surface area contributed by atoms with Gasteiger partial charge in [0.1, 0.15) is 5.75 Å². The van der Waals surface area contributed by atoms with Crippen molar-refractivity contribution in [2.24, 2.45) is 17.8 Å². The Morgan fingerprint density at radius 2 is 1.53 bits per heavy atom. The van der Waals surface area contributed by atoms with Gasteiger partial charge in [-0.15, -0.1) is 0 Å². The van der Waals surface area contributed by atoms with Gasteiger partial charge in [0.2, 0.25) is 9.04 Å². The van der Waals surface area contributed by atoms with Crippen LogP contribution in [0.1, 0.15) is 98.8 Å². The fourth-order valence-corrected chi connectivity index (χ4v) is 8.59. The minimum absolute atomic E-state index is 0.0537. The maximum Gasteiger partial charge on any atom is 0.335 e. The van der Waals surface area contributed by atoms with E-state index >= 15 is 0 Å². The Morgan fingerprint density at radius 3 is 2.00 bits per heavy atom. The SMILES string of the molecule is CC(=Cc1ccc(C(=O)O)cc1)c1ccc(C(C)(C)C)c(C23CC4CC(CC(C4)C2)C3)c1O[SiH](C)C. The Kier molecular flexibility index (Phi) is 6.47. The molecule has 0 unspecified atom stereocenters. The molecule has 4 aliphatic rings. The minimum atomic E-state index is -1.36. The van der Waals surface area contributed by atoms with Crippen LogP contribution in [0.3, 0.4) is 0 Å². The lowest BCUT2D eigenvalue weighted by molar-refractivity contribution is -0.00659. The van der Waals surface area contributed by atoms with Crippen LogP contribution < -0.4 is 4.43 Å². The molecule has 4 bridgehead atoms. The number of carboxylic acids is 1. The Labute approximate surface area is 218 Å². The van der Waals surface area contributed by atoms with Crippen LogP contribution in [0.5, 0.6) is 5.75 Å². The molecule has 0 amide bonds. The third kappa shape index (κ3) is 4.69. The number of benzene rings is 2. The van der Waals surface area contributed by atoms with E-state index < -0.39 is 15.0 Å². The molecule has 0 spiro atoms. The molecule has 0 atom stereocenters. The maximum atomic E-state index is 11.3. The Balaban J connectivity index is 1.67. The van der Waals surface area contributed by atoms with Gasteiger partial charge in [-0.05, 0) is 111 Å². The van der Waals surface area contributed by atoms with Gasteiger partial charge in [-0.25, -0.2) is 4.79 Å². The van der Waals surface area contributed by atoms with Crippen molar-refractivity contribution in [3.8, 4) is 5.75 Å². The van der Waals surface area contributed by atoms with Gasteiger partial charge in [-0.1, -0.05) is 51.1 Å². The van der Waals surface area contributed by atoms with E-state index in [4.69, 9.17) is 4.43 Å². The van der Waals surface area contributed by atoms with Crippen molar-refractivity contribution >= 4 is 26.7 Å². The van der Waals surface area contributed by atoms with Gasteiger partial charge in [0.15, 0.2) is 0 Å². The van der Waals surface area contributed by atoms with Crippen molar-refractivity contribution < 1.29 is 14.3 Å². The topological polar surface area (TPSA) is 46.5 Å². The molecule has 4 saturated carbocycles. The molecule has 0 heterocycles. The minimum Gasteiger partial charge on any atom is -0.546 e. The first-order valence-corrected chi connectivity index (χ1v) is 16.6. The summed E-state index contributed by atoms with van der Waals surface area (Å²) in [7, 11) is -1.36. The highest BCUT2D eigenvalue weighted by molar-refractivity contribution is 6.49. The van der Waals surface area contributed by atoms with Crippen LogP contribution in [0.15, 0.2) is 36.4 Å². The molecule has 2 aromatic rings. The molecule has 6 rings (SSSR count). The van der Waals surface area contributed by atoms with Crippen LogP contribution in [0, 0.1) is 17.8 Å². The van der Waals surface area contributed by atoms with E-state index in [1.54, 1.807) is 12.1 Å². The van der Waals surface area contributed by atoms with E-state index in [9.17, 15) is 9.90 Å². The first-order valence-electron chi connectivity index (χ1n) is 13.8. The van der Waals surface area contributed by atoms with Gasteiger partial charge in [-0.2, -0.15) is 0 Å². The number of hydrogen-bond acceptors (Lipinski definition) is 2. The summed E-state index contributed by atoms with van der Waals surface area (Å²) in [6.45, 7) is 13.8. The van der Waals surface area contributed by atoms with Gasteiger partial charge in [-0.3, -0.25) is 0 Å².